The van der Waals surface area contributed by atoms with Gasteiger partial charge in [0.15, 0.2) is 6.10 Å². The van der Waals surface area contributed by atoms with Gasteiger partial charge in [0.05, 0.1) is 11.2 Å². The van der Waals surface area contributed by atoms with Crippen molar-refractivity contribution in [1.82, 2.24) is 10.7 Å². The van der Waals surface area contributed by atoms with Crippen molar-refractivity contribution in [3.8, 4) is 5.75 Å². The summed E-state index contributed by atoms with van der Waals surface area (Å²) in [6, 6.07) is 11.8. The number of halogens is 2. The smallest absolute Gasteiger partial charge is 0.262 e. The molecule has 2 N–H and O–H groups in total. The van der Waals surface area contributed by atoms with E-state index in [2.05, 4.69) is 15.8 Å². The highest BCUT2D eigenvalue weighted by Gasteiger charge is 2.25. The van der Waals surface area contributed by atoms with Crippen molar-refractivity contribution in [2.45, 2.75) is 44.2 Å². The predicted octanol–water partition coefficient (Wildman–Crippen LogP) is 5.16. The van der Waals surface area contributed by atoms with Crippen LogP contribution in [0.2, 0.25) is 10.0 Å². The average Bonchev–Trinajstić information content (AvgIpc) is 2.75. The van der Waals surface area contributed by atoms with Crippen molar-refractivity contribution in [3.05, 3.63) is 58.1 Å². The zero-order valence-corrected chi connectivity index (χ0v) is 20.7. The molecule has 2 aromatic carbocycles. The quantitative estimate of drug-likeness (QED) is 0.271. The van der Waals surface area contributed by atoms with Crippen molar-refractivity contribution < 1.29 is 14.3 Å². The maximum absolute atomic E-state index is 12.7. The highest BCUT2D eigenvalue weighted by molar-refractivity contribution is 7.98. The van der Waals surface area contributed by atoms with E-state index >= 15 is 0 Å². The third kappa shape index (κ3) is 8.37. The Morgan fingerprint density at radius 3 is 2.38 bits per heavy atom. The van der Waals surface area contributed by atoms with Crippen LogP contribution in [0.3, 0.4) is 0 Å². The Kier molecular flexibility index (Phi) is 10.4. The topological polar surface area (TPSA) is 79.8 Å². The Morgan fingerprint density at radius 1 is 1.09 bits per heavy atom. The van der Waals surface area contributed by atoms with Crippen LogP contribution in [-0.4, -0.2) is 36.4 Å². The minimum atomic E-state index is -0.866. The van der Waals surface area contributed by atoms with Gasteiger partial charge in [-0.2, -0.15) is 5.10 Å². The van der Waals surface area contributed by atoms with Crippen LogP contribution in [0.5, 0.6) is 5.75 Å². The van der Waals surface area contributed by atoms with Gasteiger partial charge >= 0.3 is 0 Å². The minimum Gasteiger partial charge on any atom is -0.479 e. The maximum atomic E-state index is 12.7. The lowest BCUT2D eigenvalue weighted by Gasteiger charge is -2.22. The lowest BCUT2D eigenvalue weighted by Crippen LogP contribution is -2.49. The molecule has 0 heterocycles. The summed E-state index contributed by atoms with van der Waals surface area (Å²) in [7, 11) is 0. The Morgan fingerprint density at radius 2 is 1.78 bits per heavy atom. The van der Waals surface area contributed by atoms with Gasteiger partial charge in [-0.25, -0.2) is 5.43 Å². The van der Waals surface area contributed by atoms with Gasteiger partial charge < -0.3 is 10.1 Å². The molecule has 0 fully saturated rings. The zero-order chi connectivity index (χ0) is 23.7. The summed E-state index contributed by atoms with van der Waals surface area (Å²) >= 11 is 13.6. The Balaban J connectivity index is 1.98. The number of hydrogen-bond donors (Lipinski definition) is 2. The molecule has 0 saturated heterocycles. The van der Waals surface area contributed by atoms with Gasteiger partial charge in [-0.1, -0.05) is 49.2 Å². The van der Waals surface area contributed by atoms with Gasteiger partial charge in [0, 0.05) is 9.92 Å². The molecule has 32 heavy (non-hydrogen) atoms. The Hall–Kier alpha value is -2.22. The van der Waals surface area contributed by atoms with Gasteiger partial charge in [-0.15, -0.1) is 11.8 Å². The SMILES string of the molecule is CSc1ccc(/C=N\NC(=O)[C@@H](CC(C)C)NC(=O)[C@@H](C)Oc2ccc(Cl)cc2Cl)cc1. The maximum Gasteiger partial charge on any atom is 0.262 e. The average molecular weight is 496 g/mol. The number of carbonyl (C=O) groups is 2. The van der Waals surface area contributed by atoms with Gasteiger partial charge in [0.1, 0.15) is 11.8 Å². The van der Waals surface area contributed by atoms with Crippen molar-refractivity contribution >= 4 is 53.0 Å². The van der Waals surface area contributed by atoms with Gasteiger partial charge in [-0.3, -0.25) is 9.59 Å². The number of benzene rings is 2. The molecule has 0 aliphatic carbocycles. The number of amides is 2. The zero-order valence-electron chi connectivity index (χ0n) is 18.4. The number of nitrogens with one attached hydrogen (secondary N) is 2. The number of thioether (sulfide) groups is 1. The second-order valence-electron chi connectivity index (χ2n) is 7.53. The molecular formula is C23H27Cl2N3O3S. The third-order valence-electron chi connectivity index (χ3n) is 4.41. The summed E-state index contributed by atoms with van der Waals surface area (Å²) < 4.78 is 5.64. The molecule has 0 saturated carbocycles. The van der Waals surface area contributed by atoms with E-state index in [1.807, 2.05) is 44.4 Å². The molecular weight excluding hydrogens is 469 g/mol. The fourth-order valence-electron chi connectivity index (χ4n) is 2.75. The van der Waals surface area contributed by atoms with Crippen LogP contribution >= 0.6 is 35.0 Å². The molecule has 0 aromatic heterocycles. The second kappa shape index (κ2) is 12.7. The van der Waals surface area contributed by atoms with E-state index in [1.165, 1.54) is 6.07 Å². The fraction of sp³-hybridized carbons (Fsp3) is 0.348. The van der Waals surface area contributed by atoms with Crippen molar-refractivity contribution in [2.24, 2.45) is 11.0 Å². The number of carbonyl (C=O) groups excluding carboxylic acids is 2. The summed E-state index contributed by atoms with van der Waals surface area (Å²) in [5.74, 6) is -0.328. The van der Waals surface area contributed by atoms with Crippen LogP contribution < -0.4 is 15.5 Å². The van der Waals surface area contributed by atoms with Crippen LogP contribution in [0.1, 0.15) is 32.8 Å². The molecule has 2 amide bonds. The van der Waals surface area contributed by atoms with Crippen molar-refractivity contribution in [2.75, 3.05) is 6.26 Å². The second-order valence-corrected chi connectivity index (χ2v) is 9.26. The van der Waals surface area contributed by atoms with Crippen LogP contribution in [0, 0.1) is 5.92 Å². The first-order valence-corrected chi connectivity index (χ1v) is 12.1. The summed E-state index contributed by atoms with van der Waals surface area (Å²) in [4.78, 5) is 26.5. The third-order valence-corrected chi connectivity index (χ3v) is 5.69. The normalized spacial score (nSPS) is 13.1. The fourth-order valence-corrected chi connectivity index (χ4v) is 3.61. The first-order valence-electron chi connectivity index (χ1n) is 10.1. The first kappa shape index (κ1) is 26.0. The molecule has 172 valence electrons. The summed E-state index contributed by atoms with van der Waals surface area (Å²) in [5, 5.41) is 7.53. The van der Waals surface area contributed by atoms with Gasteiger partial charge in [0.2, 0.25) is 0 Å². The van der Waals surface area contributed by atoms with E-state index in [9.17, 15) is 9.59 Å². The standard InChI is InChI=1S/C23H27Cl2N3O3S/c1-14(2)11-20(23(30)28-26-13-16-5-8-18(32-4)9-6-16)27-22(29)15(3)31-21-10-7-17(24)12-19(21)25/h5-10,12-15,20H,11H2,1-4H3,(H,27,29)(H,28,30)/b26-13-/t15-,20-/m1/s1. The van der Waals surface area contributed by atoms with Crippen LogP contribution in [0.4, 0.5) is 0 Å². The summed E-state index contributed by atoms with van der Waals surface area (Å²) in [6.45, 7) is 5.52. The van der Waals surface area contributed by atoms with Crippen LogP contribution in [0.15, 0.2) is 52.5 Å². The predicted molar refractivity (Wildman–Crippen MR) is 132 cm³/mol. The number of ether oxygens (including phenoxy) is 1. The van der Waals surface area contributed by atoms with E-state index in [0.717, 1.165) is 10.5 Å². The highest BCUT2D eigenvalue weighted by Crippen LogP contribution is 2.28. The monoisotopic (exact) mass is 495 g/mol. The van der Waals surface area contributed by atoms with E-state index in [-0.39, 0.29) is 5.92 Å². The largest absolute Gasteiger partial charge is 0.479 e. The first-order chi connectivity index (χ1) is 15.2. The number of hydrogen-bond acceptors (Lipinski definition) is 5. The summed E-state index contributed by atoms with van der Waals surface area (Å²) in [6.07, 6.45) is 3.14. The van der Waals surface area contributed by atoms with Crippen LogP contribution in [0.25, 0.3) is 0 Å². The highest BCUT2D eigenvalue weighted by atomic mass is 35.5. The molecule has 0 radical (unpaired) electrons. The van der Waals surface area contributed by atoms with Crippen molar-refractivity contribution in [1.29, 1.82) is 0 Å². The molecule has 0 aliphatic rings. The minimum absolute atomic E-state index is 0.177. The van der Waals surface area contributed by atoms with Gasteiger partial charge in [-0.05, 0) is 61.4 Å². The number of rotatable bonds is 10. The molecule has 2 atom stereocenters. The molecule has 0 bridgehead atoms. The molecule has 2 aromatic rings. The number of nitrogens with zero attached hydrogens (tertiary/aromatic N) is 1. The summed E-state index contributed by atoms with van der Waals surface area (Å²) in [5.41, 5.74) is 3.36. The molecule has 9 heteroatoms. The Bertz CT molecular complexity index is 952. The molecule has 2 rings (SSSR count). The van der Waals surface area contributed by atoms with Crippen molar-refractivity contribution in [3.63, 3.8) is 0 Å². The van der Waals surface area contributed by atoms with E-state index in [4.69, 9.17) is 27.9 Å². The molecule has 0 aliphatic heterocycles. The number of hydrazone groups is 1. The lowest BCUT2D eigenvalue weighted by molar-refractivity contribution is -0.132. The van der Waals surface area contributed by atoms with E-state index < -0.39 is 24.0 Å². The Labute approximate surface area is 203 Å². The van der Waals surface area contributed by atoms with Crippen LogP contribution in [-0.2, 0) is 9.59 Å². The van der Waals surface area contributed by atoms with E-state index in [0.29, 0.717) is 22.2 Å². The molecule has 6 nitrogen and oxygen atoms in total. The van der Waals surface area contributed by atoms with E-state index in [1.54, 1.807) is 37.0 Å². The lowest BCUT2D eigenvalue weighted by atomic mass is 10.0. The molecule has 0 spiro atoms. The van der Waals surface area contributed by atoms with Gasteiger partial charge in [0.25, 0.3) is 11.8 Å². The molecule has 0 unspecified atom stereocenters.